The summed E-state index contributed by atoms with van der Waals surface area (Å²) >= 11 is 0. The van der Waals surface area contributed by atoms with Crippen LogP contribution >= 0.6 is 0 Å². The molecule has 86 valence electrons. The van der Waals surface area contributed by atoms with Gasteiger partial charge in [-0.1, -0.05) is 19.9 Å². The van der Waals surface area contributed by atoms with Crippen molar-refractivity contribution in [1.82, 2.24) is 10.2 Å². The van der Waals surface area contributed by atoms with Gasteiger partial charge in [0, 0.05) is 18.7 Å². The number of amides is 1. The lowest BCUT2D eigenvalue weighted by atomic mass is 10.1. The zero-order valence-electron chi connectivity index (χ0n) is 10.0. The summed E-state index contributed by atoms with van der Waals surface area (Å²) in [5, 5.41) is 2.95. The lowest BCUT2D eigenvalue weighted by Crippen LogP contribution is -2.41. The molecule has 15 heavy (non-hydrogen) atoms. The molecule has 1 N–H and O–H groups in total. The van der Waals surface area contributed by atoms with E-state index in [-0.39, 0.29) is 5.91 Å². The molecule has 1 heterocycles. The zero-order chi connectivity index (χ0) is 11.3. The number of carbonyl (C=O) groups excluding carboxylic acids is 1. The Hall–Kier alpha value is -0.830. The first-order chi connectivity index (χ1) is 7.13. The number of nitrogens with one attached hydrogen (secondary N) is 1. The van der Waals surface area contributed by atoms with Crippen LogP contribution in [-0.2, 0) is 4.79 Å². The quantitative estimate of drug-likeness (QED) is 0.696. The minimum atomic E-state index is 0.0955. The number of rotatable bonds is 5. The Labute approximate surface area is 92.5 Å². The van der Waals surface area contributed by atoms with Crippen molar-refractivity contribution in [3.05, 3.63) is 11.6 Å². The Balaban J connectivity index is 2.33. The average Bonchev–Trinajstić information content (AvgIpc) is 2.13. The second-order valence-corrected chi connectivity index (χ2v) is 4.55. The van der Waals surface area contributed by atoms with Crippen LogP contribution in [0.3, 0.4) is 0 Å². The predicted octanol–water partition coefficient (Wildman–Crippen LogP) is 1.41. The van der Waals surface area contributed by atoms with Crippen LogP contribution in [0.4, 0.5) is 0 Å². The van der Waals surface area contributed by atoms with Gasteiger partial charge in [0.15, 0.2) is 0 Å². The Bertz CT molecular complexity index is 242. The van der Waals surface area contributed by atoms with E-state index in [4.69, 9.17) is 0 Å². The number of nitrogens with zero attached hydrogens (tertiary/aromatic N) is 1. The lowest BCUT2D eigenvalue weighted by Gasteiger charge is -2.31. The number of hydrogen-bond donors (Lipinski definition) is 1. The summed E-state index contributed by atoms with van der Waals surface area (Å²) in [5.74, 6) is 0.606. The smallest absolute Gasteiger partial charge is 0.248 e. The first-order valence-corrected chi connectivity index (χ1v) is 5.79. The van der Waals surface area contributed by atoms with E-state index in [9.17, 15) is 4.79 Å². The van der Waals surface area contributed by atoms with Crippen LogP contribution in [0.25, 0.3) is 0 Å². The van der Waals surface area contributed by atoms with Crippen molar-refractivity contribution in [3.8, 4) is 0 Å². The van der Waals surface area contributed by atoms with E-state index in [1.807, 2.05) is 13.0 Å². The molecule has 3 heteroatoms. The summed E-state index contributed by atoms with van der Waals surface area (Å²) < 4.78 is 0. The van der Waals surface area contributed by atoms with Gasteiger partial charge in [-0.15, -0.1) is 0 Å². The summed E-state index contributed by atoms with van der Waals surface area (Å²) in [5.41, 5.74) is 0.898. The highest BCUT2D eigenvalue weighted by Crippen LogP contribution is 2.09. The third kappa shape index (κ3) is 4.04. The first-order valence-electron chi connectivity index (χ1n) is 5.79. The Morgan fingerprint density at radius 2 is 2.13 bits per heavy atom. The lowest BCUT2D eigenvalue weighted by molar-refractivity contribution is -0.118. The van der Waals surface area contributed by atoms with E-state index in [0.29, 0.717) is 5.92 Å². The van der Waals surface area contributed by atoms with Gasteiger partial charge in [0.1, 0.15) is 0 Å². The molecule has 1 fully saturated rings. The third-order valence-corrected chi connectivity index (χ3v) is 2.65. The van der Waals surface area contributed by atoms with Crippen molar-refractivity contribution in [2.24, 2.45) is 5.92 Å². The molecule has 0 aromatic rings. The van der Waals surface area contributed by atoms with E-state index in [1.54, 1.807) is 0 Å². The monoisotopic (exact) mass is 210 g/mol. The van der Waals surface area contributed by atoms with Gasteiger partial charge < -0.3 is 5.32 Å². The van der Waals surface area contributed by atoms with Crippen LogP contribution in [0, 0.1) is 5.92 Å². The van der Waals surface area contributed by atoms with Gasteiger partial charge in [-0.25, -0.2) is 0 Å². The Kier molecular flexibility index (Phi) is 4.82. The molecular formula is C12H22N2O. The third-order valence-electron chi connectivity index (χ3n) is 2.65. The molecule has 0 spiro atoms. The van der Waals surface area contributed by atoms with Gasteiger partial charge in [-0.2, -0.15) is 0 Å². The fourth-order valence-electron chi connectivity index (χ4n) is 1.49. The molecule has 1 aliphatic heterocycles. The van der Waals surface area contributed by atoms with Crippen molar-refractivity contribution in [3.63, 3.8) is 0 Å². The van der Waals surface area contributed by atoms with Crippen LogP contribution in [-0.4, -0.2) is 37.0 Å². The molecular weight excluding hydrogens is 188 g/mol. The molecule has 3 nitrogen and oxygen atoms in total. The van der Waals surface area contributed by atoms with Gasteiger partial charge in [0.05, 0.1) is 0 Å². The number of likely N-dealkylation sites (tertiary alicyclic amines) is 1. The van der Waals surface area contributed by atoms with Crippen LogP contribution in [0.1, 0.15) is 27.2 Å². The summed E-state index contributed by atoms with van der Waals surface area (Å²) in [7, 11) is 0. The molecule has 1 aliphatic rings. The van der Waals surface area contributed by atoms with E-state index < -0.39 is 0 Å². The molecule has 0 aromatic heterocycles. The SMILES string of the molecule is C/C=C(\CN1CCC1)C(=O)NCC(C)C. The topological polar surface area (TPSA) is 32.3 Å². The highest BCUT2D eigenvalue weighted by molar-refractivity contribution is 5.93. The molecule has 0 bridgehead atoms. The van der Waals surface area contributed by atoms with Crippen molar-refractivity contribution in [1.29, 1.82) is 0 Å². The predicted molar refractivity (Wildman–Crippen MR) is 62.7 cm³/mol. The standard InChI is InChI=1S/C12H22N2O/c1-4-11(9-14-6-5-7-14)12(15)13-8-10(2)3/h4,10H,5-9H2,1-3H3,(H,13,15)/b11-4+. The normalized spacial score (nSPS) is 17.7. The summed E-state index contributed by atoms with van der Waals surface area (Å²) in [6.07, 6.45) is 3.19. The number of allylic oxidation sites excluding steroid dienone is 1. The van der Waals surface area contributed by atoms with Gasteiger partial charge >= 0.3 is 0 Å². The van der Waals surface area contributed by atoms with Gasteiger partial charge in [-0.3, -0.25) is 9.69 Å². The van der Waals surface area contributed by atoms with Gasteiger partial charge in [0.2, 0.25) is 5.91 Å². The van der Waals surface area contributed by atoms with E-state index in [1.165, 1.54) is 6.42 Å². The molecule has 0 atom stereocenters. The van der Waals surface area contributed by atoms with Crippen molar-refractivity contribution < 1.29 is 4.79 Å². The van der Waals surface area contributed by atoms with E-state index in [0.717, 1.165) is 31.8 Å². The fraction of sp³-hybridized carbons (Fsp3) is 0.750. The number of carbonyl (C=O) groups is 1. The van der Waals surface area contributed by atoms with Crippen molar-refractivity contribution in [2.45, 2.75) is 27.2 Å². The van der Waals surface area contributed by atoms with Crippen LogP contribution in [0.2, 0.25) is 0 Å². The summed E-state index contributed by atoms with van der Waals surface area (Å²) in [4.78, 5) is 14.0. The number of hydrogen-bond acceptors (Lipinski definition) is 2. The van der Waals surface area contributed by atoms with Gasteiger partial charge in [0.25, 0.3) is 0 Å². The largest absolute Gasteiger partial charge is 0.352 e. The van der Waals surface area contributed by atoms with Crippen molar-refractivity contribution in [2.75, 3.05) is 26.2 Å². The van der Waals surface area contributed by atoms with Crippen LogP contribution < -0.4 is 5.32 Å². The van der Waals surface area contributed by atoms with Gasteiger partial charge in [-0.05, 0) is 32.4 Å². The highest BCUT2D eigenvalue weighted by Gasteiger charge is 2.18. The molecule has 0 unspecified atom stereocenters. The Morgan fingerprint density at radius 3 is 2.53 bits per heavy atom. The second kappa shape index (κ2) is 5.91. The second-order valence-electron chi connectivity index (χ2n) is 4.55. The maximum atomic E-state index is 11.7. The minimum absolute atomic E-state index is 0.0955. The van der Waals surface area contributed by atoms with E-state index in [2.05, 4.69) is 24.1 Å². The zero-order valence-corrected chi connectivity index (χ0v) is 10.0. The molecule has 0 aliphatic carbocycles. The van der Waals surface area contributed by atoms with Crippen LogP contribution in [0.5, 0.6) is 0 Å². The molecule has 0 aromatic carbocycles. The molecule has 0 radical (unpaired) electrons. The maximum absolute atomic E-state index is 11.7. The molecule has 1 saturated heterocycles. The fourth-order valence-corrected chi connectivity index (χ4v) is 1.49. The van der Waals surface area contributed by atoms with Crippen LogP contribution in [0.15, 0.2) is 11.6 Å². The molecule has 0 saturated carbocycles. The minimum Gasteiger partial charge on any atom is -0.352 e. The summed E-state index contributed by atoms with van der Waals surface area (Å²) in [6, 6.07) is 0. The first kappa shape index (κ1) is 12.2. The van der Waals surface area contributed by atoms with E-state index >= 15 is 0 Å². The molecule has 1 rings (SSSR count). The Morgan fingerprint density at radius 1 is 1.47 bits per heavy atom. The maximum Gasteiger partial charge on any atom is 0.248 e. The average molecular weight is 210 g/mol. The highest BCUT2D eigenvalue weighted by atomic mass is 16.1. The summed E-state index contributed by atoms with van der Waals surface area (Å²) in [6.45, 7) is 9.97. The van der Waals surface area contributed by atoms with Crippen molar-refractivity contribution >= 4 is 5.91 Å². The molecule has 1 amide bonds.